The highest BCUT2D eigenvalue weighted by Crippen LogP contribution is 2.23. The van der Waals surface area contributed by atoms with Crippen molar-refractivity contribution in [3.63, 3.8) is 0 Å². The van der Waals surface area contributed by atoms with Crippen LogP contribution < -0.4 is 11.1 Å². The Hall–Kier alpha value is -2.47. The van der Waals surface area contributed by atoms with E-state index in [2.05, 4.69) is 15.3 Å². The van der Waals surface area contributed by atoms with Crippen LogP contribution in [0.25, 0.3) is 0 Å². The number of carbonyl (C=O) groups excluding carboxylic acids is 2. The molecule has 0 saturated heterocycles. The summed E-state index contributed by atoms with van der Waals surface area (Å²) in [5.74, 6) is -0.579. The first kappa shape index (κ1) is 14.0. The number of para-hydroxylation sites is 1. The third kappa shape index (κ3) is 2.92. The Labute approximate surface area is 120 Å². The number of aromatic nitrogens is 2. The van der Waals surface area contributed by atoms with Crippen molar-refractivity contribution < 1.29 is 9.59 Å². The molecule has 3 N–H and O–H groups in total. The highest BCUT2D eigenvalue weighted by atomic mass is 35.5. The predicted octanol–water partition coefficient (Wildman–Crippen LogP) is 2.18. The third-order valence-electron chi connectivity index (χ3n) is 2.58. The van der Waals surface area contributed by atoms with Gasteiger partial charge >= 0.3 is 0 Å². The first-order valence-electron chi connectivity index (χ1n) is 5.68. The van der Waals surface area contributed by atoms with E-state index in [4.69, 9.17) is 17.3 Å². The predicted molar refractivity (Wildman–Crippen MR) is 75.3 cm³/mol. The van der Waals surface area contributed by atoms with Gasteiger partial charge in [0.25, 0.3) is 5.91 Å². The van der Waals surface area contributed by atoms with Gasteiger partial charge in [-0.15, -0.1) is 0 Å². The number of benzene rings is 1. The van der Waals surface area contributed by atoms with E-state index in [1.54, 1.807) is 24.3 Å². The minimum Gasteiger partial charge on any atom is -0.366 e. The Morgan fingerprint density at radius 3 is 2.60 bits per heavy atom. The number of amides is 1. The molecule has 0 atom stereocenters. The van der Waals surface area contributed by atoms with Crippen LogP contribution in [0.4, 0.5) is 11.5 Å². The lowest BCUT2D eigenvalue weighted by molar-refractivity contribution is 0.0997. The van der Waals surface area contributed by atoms with E-state index in [1.165, 1.54) is 13.1 Å². The maximum absolute atomic E-state index is 11.5. The van der Waals surface area contributed by atoms with Gasteiger partial charge in [-0.05, 0) is 30.7 Å². The standard InChI is InChI=1S/C13H11ClN4O2/c1-7(19)9-6-16-13(14)18-12(9)17-10-5-3-2-4-8(10)11(15)20/h2-6H,1H3,(H2,15,20)(H,16,17,18). The summed E-state index contributed by atoms with van der Waals surface area (Å²) in [6, 6.07) is 6.63. The number of primary amides is 1. The second-order valence-electron chi connectivity index (χ2n) is 3.99. The zero-order valence-corrected chi connectivity index (χ0v) is 11.3. The highest BCUT2D eigenvalue weighted by molar-refractivity contribution is 6.28. The normalized spacial score (nSPS) is 10.1. The van der Waals surface area contributed by atoms with Crippen LogP contribution >= 0.6 is 11.6 Å². The van der Waals surface area contributed by atoms with E-state index in [-0.39, 0.29) is 28.0 Å². The van der Waals surface area contributed by atoms with Gasteiger partial charge in [0.2, 0.25) is 5.28 Å². The summed E-state index contributed by atoms with van der Waals surface area (Å²) >= 11 is 5.72. The zero-order valence-electron chi connectivity index (χ0n) is 10.6. The number of Topliss-reactive ketones (excluding diaryl/α,β-unsaturated/α-hetero) is 1. The molecule has 102 valence electrons. The highest BCUT2D eigenvalue weighted by Gasteiger charge is 2.14. The molecule has 20 heavy (non-hydrogen) atoms. The molecule has 1 amide bonds. The van der Waals surface area contributed by atoms with E-state index in [1.807, 2.05) is 0 Å². The van der Waals surface area contributed by atoms with Gasteiger partial charge in [0, 0.05) is 6.20 Å². The molecule has 0 unspecified atom stereocenters. The SMILES string of the molecule is CC(=O)c1cnc(Cl)nc1Nc1ccccc1C(N)=O. The number of hydrogen-bond acceptors (Lipinski definition) is 5. The van der Waals surface area contributed by atoms with E-state index in [0.29, 0.717) is 5.69 Å². The van der Waals surface area contributed by atoms with Crippen molar-refractivity contribution >= 4 is 34.8 Å². The minimum absolute atomic E-state index is 0.00550. The molecule has 0 radical (unpaired) electrons. The number of hydrogen-bond donors (Lipinski definition) is 2. The molecule has 6 nitrogen and oxygen atoms in total. The number of anilines is 2. The van der Waals surface area contributed by atoms with E-state index in [0.717, 1.165) is 0 Å². The number of nitrogens with two attached hydrogens (primary N) is 1. The summed E-state index contributed by atoms with van der Waals surface area (Å²) < 4.78 is 0. The summed E-state index contributed by atoms with van der Waals surface area (Å²) in [6.07, 6.45) is 1.33. The maximum Gasteiger partial charge on any atom is 0.250 e. The number of nitrogens with one attached hydrogen (secondary N) is 1. The second kappa shape index (κ2) is 5.66. The lowest BCUT2D eigenvalue weighted by Crippen LogP contribution is -2.14. The third-order valence-corrected chi connectivity index (χ3v) is 2.77. The molecule has 1 aromatic carbocycles. The number of carbonyl (C=O) groups is 2. The molecule has 0 fully saturated rings. The first-order chi connectivity index (χ1) is 9.49. The number of halogens is 1. The van der Waals surface area contributed by atoms with Crippen LogP contribution in [0.1, 0.15) is 27.6 Å². The summed E-state index contributed by atoms with van der Waals surface area (Å²) in [5.41, 5.74) is 6.29. The van der Waals surface area contributed by atoms with Gasteiger partial charge in [0.05, 0.1) is 16.8 Å². The van der Waals surface area contributed by atoms with Gasteiger partial charge in [-0.3, -0.25) is 9.59 Å². The van der Waals surface area contributed by atoms with Gasteiger partial charge in [0.1, 0.15) is 5.82 Å². The number of ketones is 1. The van der Waals surface area contributed by atoms with Gasteiger partial charge in [-0.1, -0.05) is 12.1 Å². The van der Waals surface area contributed by atoms with Crippen molar-refractivity contribution in [2.45, 2.75) is 6.92 Å². The smallest absolute Gasteiger partial charge is 0.250 e. The summed E-state index contributed by atoms with van der Waals surface area (Å²) in [7, 11) is 0. The molecule has 7 heteroatoms. The molecule has 1 aromatic heterocycles. The van der Waals surface area contributed by atoms with E-state index in [9.17, 15) is 9.59 Å². The fraction of sp³-hybridized carbons (Fsp3) is 0.0769. The Kier molecular flexibility index (Phi) is 3.95. The Morgan fingerprint density at radius 2 is 1.95 bits per heavy atom. The van der Waals surface area contributed by atoms with Crippen LogP contribution in [-0.2, 0) is 0 Å². The largest absolute Gasteiger partial charge is 0.366 e. The van der Waals surface area contributed by atoms with Crippen LogP contribution in [0.2, 0.25) is 5.28 Å². The van der Waals surface area contributed by atoms with Crippen LogP contribution in [0.5, 0.6) is 0 Å². The number of rotatable bonds is 4. The average molecular weight is 291 g/mol. The van der Waals surface area contributed by atoms with Crippen molar-refractivity contribution in [2.75, 3.05) is 5.32 Å². The second-order valence-corrected chi connectivity index (χ2v) is 4.33. The molecule has 0 aliphatic rings. The van der Waals surface area contributed by atoms with Crippen molar-refractivity contribution in [1.29, 1.82) is 0 Å². The van der Waals surface area contributed by atoms with Crippen LogP contribution in [0.15, 0.2) is 30.5 Å². The molecule has 1 heterocycles. The zero-order chi connectivity index (χ0) is 14.7. The Morgan fingerprint density at radius 1 is 1.25 bits per heavy atom. The van der Waals surface area contributed by atoms with Crippen molar-refractivity contribution in [1.82, 2.24) is 9.97 Å². The molecule has 0 saturated carbocycles. The minimum atomic E-state index is -0.586. The maximum atomic E-state index is 11.5. The topological polar surface area (TPSA) is 98.0 Å². The summed E-state index contributed by atoms with van der Waals surface area (Å²) in [4.78, 5) is 30.6. The monoisotopic (exact) mass is 290 g/mol. The van der Waals surface area contributed by atoms with Crippen molar-refractivity contribution in [2.24, 2.45) is 5.73 Å². The Balaban J connectivity index is 2.47. The van der Waals surface area contributed by atoms with Gasteiger partial charge in [-0.25, -0.2) is 4.98 Å². The van der Waals surface area contributed by atoms with Crippen LogP contribution in [-0.4, -0.2) is 21.7 Å². The van der Waals surface area contributed by atoms with E-state index >= 15 is 0 Å². The first-order valence-corrected chi connectivity index (χ1v) is 6.06. The quantitative estimate of drug-likeness (QED) is 0.664. The molecular formula is C13H11ClN4O2. The van der Waals surface area contributed by atoms with Crippen LogP contribution in [0.3, 0.4) is 0 Å². The molecule has 0 aliphatic heterocycles. The molecular weight excluding hydrogens is 280 g/mol. The van der Waals surface area contributed by atoms with Crippen molar-refractivity contribution in [3.05, 3.63) is 46.9 Å². The molecule has 2 aromatic rings. The fourth-order valence-electron chi connectivity index (χ4n) is 1.65. The lowest BCUT2D eigenvalue weighted by atomic mass is 10.1. The average Bonchev–Trinajstić information content (AvgIpc) is 2.38. The van der Waals surface area contributed by atoms with Crippen LogP contribution in [0, 0.1) is 0 Å². The molecule has 2 rings (SSSR count). The lowest BCUT2D eigenvalue weighted by Gasteiger charge is -2.11. The summed E-state index contributed by atoms with van der Waals surface area (Å²) in [5, 5.41) is 2.88. The van der Waals surface area contributed by atoms with E-state index < -0.39 is 5.91 Å². The van der Waals surface area contributed by atoms with Gasteiger partial charge in [-0.2, -0.15) is 4.98 Å². The number of nitrogens with zero attached hydrogens (tertiary/aromatic N) is 2. The van der Waals surface area contributed by atoms with Gasteiger partial charge in [0.15, 0.2) is 5.78 Å². The van der Waals surface area contributed by atoms with Gasteiger partial charge < -0.3 is 11.1 Å². The molecule has 0 bridgehead atoms. The Bertz CT molecular complexity index is 688. The van der Waals surface area contributed by atoms with Crippen molar-refractivity contribution in [3.8, 4) is 0 Å². The summed E-state index contributed by atoms with van der Waals surface area (Å²) in [6.45, 7) is 1.39. The molecule has 0 spiro atoms. The molecule has 0 aliphatic carbocycles. The fourth-order valence-corrected chi connectivity index (χ4v) is 1.78.